The summed E-state index contributed by atoms with van der Waals surface area (Å²) in [6.07, 6.45) is 2.37. The molecule has 1 aromatic rings. The lowest BCUT2D eigenvalue weighted by Crippen LogP contribution is -2.41. The number of nitrogens with zero attached hydrogens (tertiary/aromatic N) is 1. The van der Waals surface area contributed by atoms with Crippen LogP contribution in [0, 0.1) is 5.92 Å². The number of amides is 1. The molecule has 1 aliphatic carbocycles. The molecule has 18 heavy (non-hydrogen) atoms. The van der Waals surface area contributed by atoms with Gasteiger partial charge in [0, 0.05) is 12.0 Å². The Morgan fingerprint density at radius 1 is 1.44 bits per heavy atom. The number of carbonyl (C=O) groups excluding carboxylic acids is 1. The summed E-state index contributed by atoms with van der Waals surface area (Å²) in [6, 6.07) is 9.71. The molecule has 1 saturated carbocycles. The Bertz CT molecular complexity index is 500. The van der Waals surface area contributed by atoms with Crippen LogP contribution in [-0.4, -0.2) is 17.5 Å². The largest absolute Gasteiger partial charge is 0.369 e. The van der Waals surface area contributed by atoms with Gasteiger partial charge in [-0.1, -0.05) is 30.3 Å². The molecule has 1 amide bonds. The van der Waals surface area contributed by atoms with Crippen molar-refractivity contribution in [3.63, 3.8) is 0 Å². The first-order valence-corrected chi connectivity index (χ1v) is 6.10. The topological polar surface area (TPSA) is 76.7 Å². The number of nitrogens with one attached hydrogen (secondary N) is 1. The maximum absolute atomic E-state index is 11.5. The molecule has 2 aliphatic rings. The summed E-state index contributed by atoms with van der Waals surface area (Å²) in [5.74, 6) is -0.0117. The SMILES string of the molecule is NC(=O)C1CCCC12N=C(c1ccccc1)NO2. The molecule has 1 fully saturated rings. The highest BCUT2D eigenvalue weighted by Gasteiger charge is 2.51. The molecule has 5 heteroatoms. The molecule has 5 nitrogen and oxygen atoms in total. The van der Waals surface area contributed by atoms with E-state index in [1.54, 1.807) is 0 Å². The third-order valence-electron chi connectivity index (χ3n) is 3.59. The van der Waals surface area contributed by atoms with E-state index >= 15 is 0 Å². The van der Waals surface area contributed by atoms with Crippen LogP contribution in [-0.2, 0) is 9.63 Å². The summed E-state index contributed by atoms with van der Waals surface area (Å²) in [7, 11) is 0. The van der Waals surface area contributed by atoms with Crippen molar-refractivity contribution in [2.45, 2.75) is 25.0 Å². The predicted octanol–water partition coefficient (Wildman–Crippen LogP) is 0.950. The second kappa shape index (κ2) is 4.10. The lowest BCUT2D eigenvalue weighted by atomic mass is 9.99. The van der Waals surface area contributed by atoms with Gasteiger partial charge in [0.1, 0.15) is 0 Å². The fourth-order valence-electron chi connectivity index (χ4n) is 2.67. The van der Waals surface area contributed by atoms with Gasteiger partial charge < -0.3 is 5.73 Å². The molecule has 2 unspecified atom stereocenters. The minimum absolute atomic E-state index is 0.340. The van der Waals surface area contributed by atoms with Crippen LogP contribution < -0.4 is 11.2 Å². The van der Waals surface area contributed by atoms with E-state index in [1.165, 1.54) is 0 Å². The van der Waals surface area contributed by atoms with Gasteiger partial charge in [0.15, 0.2) is 11.6 Å². The molecule has 3 N–H and O–H groups in total. The number of rotatable bonds is 2. The van der Waals surface area contributed by atoms with Gasteiger partial charge in [0.05, 0.1) is 5.92 Å². The maximum atomic E-state index is 11.5. The summed E-state index contributed by atoms with van der Waals surface area (Å²) in [5.41, 5.74) is 8.41. The van der Waals surface area contributed by atoms with Gasteiger partial charge >= 0.3 is 0 Å². The first-order valence-electron chi connectivity index (χ1n) is 6.10. The molecular formula is C13H15N3O2. The second-order valence-electron chi connectivity index (χ2n) is 4.72. The smallest absolute Gasteiger partial charge is 0.225 e. The predicted molar refractivity (Wildman–Crippen MR) is 66.5 cm³/mol. The van der Waals surface area contributed by atoms with Crippen molar-refractivity contribution >= 4 is 11.7 Å². The quantitative estimate of drug-likeness (QED) is 0.814. The molecule has 3 rings (SSSR count). The molecular weight excluding hydrogens is 230 g/mol. The monoisotopic (exact) mass is 245 g/mol. The fraction of sp³-hybridized carbons (Fsp3) is 0.385. The highest BCUT2D eigenvalue weighted by atomic mass is 16.7. The van der Waals surface area contributed by atoms with E-state index < -0.39 is 5.72 Å². The third kappa shape index (κ3) is 1.67. The van der Waals surface area contributed by atoms with Crippen LogP contribution >= 0.6 is 0 Å². The number of aliphatic imine (C=N–C) groups is 1. The Morgan fingerprint density at radius 2 is 2.22 bits per heavy atom. The molecule has 2 atom stereocenters. The zero-order chi connectivity index (χ0) is 12.6. The van der Waals surface area contributed by atoms with Gasteiger partial charge in [-0.05, 0) is 12.8 Å². The minimum Gasteiger partial charge on any atom is -0.369 e. The van der Waals surface area contributed by atoms with Crippen LogP contribution in [0.5, 0.6) is 0 Å². The Balaban J connectivity index is 1.93. The zero-order valence-electron chi connectivity index (χ0n) is 9.93. The minimum atomic E-state index is -0.795. The van der Waals surface area contributed by atoms with Crippen LogP contribution in [0.1, 0.15) is 24.8 Å². The lowest BCUT2D eigenvalue weighted by Gasteiger charge is -2.23. The molecule has 94 valence electrons. The normalized spacial score (nSPS) is 30.2. The van der Waals surface area contributed by atoms with E-state index in [2.05, 4.69) is 10.5 Å². The Kier molecular flexibility index (Phi) is 2.56. The van der Waals surface area contributed by atoms with E-state index in [9.17, 15) is 4.79 Å². The first kappa shape index (κ1) is 11.2. The molecule has 1 aliphatic heterocycles. The highest BCUT2D eigenvalue weighted by molar-refractivity contribution is 5.99. The van der Waals surface area contributed by atoms with Crippen molar-refractivity contribution in [2.75, 3.05) is 0 Å². The van der Waals surface area contributed by atoms with E-state index in [-0.39, 0.29) is 11.8 Å². The van der Waals surface area contributed by atoms with Gasteiger partial charge in [0.25, 0.3) is 0 Å². The van der Waals surface area contributed by atoms with Gasteiger partial charge in [-0.3, -0.25) is 4.79 Å². The molecule has 0 aromatic heterocycles. The Hall–Kier alpha value is -1.88. The van der Waals surface area contributed by atoms with Crippen LogP contribution in [0.3, 0.4) is 0 Å². The number of nitrogens with two attached hydrogens (primary N) is 1. The number of primary amides is 1. The van der Waals surface area contributed by atoms with Gasteiger partial charge in [-0.25, -0.2) is 15.3 Å². The Labute approximate surface area is 105 Å². The van der Waals surface area contributed by atoms with Crippen molar-refractivity contribution in [1.29, 1.82) is 0 Å². The molecule has 0 saturated heterocycles. The standard InChI is InChI=1S/C13H15N3O2/c14-11(17)10-7-4-8-13(10)15-12(16-18-13)9-5-2-1-3-6-9/h1-3,5-6,10H,4,7-8H2,(H2,14,17)(H,15,16). The molecule has 1 aromatic carbocycles. The maximum Gasteiger partial charge on any atom is 0.225 e. The van der Waals surface area contributed by atoms with E-state index in [1.807, 2.05) is 30.3 Å². The van der Waals surface area contributed by atoms with Gasteiger partial charge in [-0.15, -0.1) is 0 Å². The number of carbonyl (C=O) groups is 1. The second-order valence-corrected chi connectivity index (χ2v) is 4.72. The number of hydrogen-bond donors (Lipinski definition) is 2. The van der Waals surface area contributed by atoms with Crippen molar-refractivity contribution in [1.82, 2.24) is 5.48 Å². The summed E-state index contributed by atoms with van der Waals surface area (Å²) < 4.78 is 0. The zero-order valence-corrected chi connectivity index (χ0v) is 9.93. The Morgan fingerprint density at radius 3 is 2.94 bits per heavy atom. The molecule has 1 heterocycles. The van der Waals surface area contributed by atoms with E-state index in [0.29, 0.717) is 5.84 Å². The van der Waals surface area contributed by atoms with Crippen molar-refractivity contribution in [3.8, 4) is 0 Å². The van der Waals surface area contributed by atoms with Crippen molar-refractivity contribution < 1.29 is 9.63 Å². The summed E-state index contributed by atoms with van der Waals surface area (Å²) in [5, 5.41) is 0. The summed E-state index contributed by atoms with van der Waals surface area (Å²) >= 11 is 0. The highest BCUT2D eigenvalue weighted by Crippen LogP contribution is 2.41. The lowest BCUT2D eigenvalue weighted by molar-refractivity contribution is -0.135. The van der Waals surface area contributed by atoms with Crippen molar-refractivity contribution in [3.05, 3.63) is 35.9 Å². The molecule has 0 radical (unpaired) electrons. The average Bonchev–Trinajstić information content (AvgIpc) is 2.99. The van der Waals surface area contributed by atoms with Crippen LogP contribution in [0.2, 0.25) is 0 Å². The van der Waals surface area contributed by atoms with E-state index in [0.717, 1.165) is 24.8 Å². The summed E-state index contributed by atoms with van der Waals surface area (Å²) in [4.78, 5) is 21.6. The van der Waals surface area contributed by atoms with Crippen molar-refractivity contribution in [2.24, 2.45) is 16.6 Å². The number of hydroxylamine groups is 1. The van der Waals surface area contributed by atoms with Gasteiger partial charge in [0.2, 0.25) is 5.91 Å². The number of hydrogen-bond acceptors (Lipinski definition) is 4. The average molecular weight is 245 g/mol. The molecule has 0 bridgehead atoms. The first-order chi connectivity index (χ1) is 8.71. The number of benzene rings is 1. The third-order valence-corrected chi connectivity index (χ3v) is 3.59. The fourth-order valence-corrected chi connectivity index (χ4v) is 2.67. The van der Waals surface area contributed by atoms with Gasteiger partial charge in [-0.2, -0.15) is 0 Å². The number of amidine groups is 1. The molecule has 1 spiro atoms. The van der Waals surface area contributed by atoms with E-state index in [4.69, 9.17) is 10.6 Å². The van der Waals surface area contributed by atoms with Crippen LogP contribution in [0.4, 0.5) is 0 Å². The van der Waals surface area contributed by atoms with Crippen LogP contribution in [0.15, 0.2) is 35.3 Å². The van der Waals surface area contributed by atoms with Crippen LogP contribution in [0.25, 0.3) is 0 Å². The summed E-state index contributed by atoms with van der Waals surface area (Å²) in [6.45, 7) is 0.